The number of hydrogen-bond acceptors (Lipinski definition) is 3. The quantitative estimate of drug-likeness (QED) is 0.223. The van der Waals surface area contributed by atoms with Crippen molar-refractivity contribution >= 4 is 29.9 Å². The molecule has 1 aliphatic heterocycles. The van der Waals surface area contributed by atoms with Crippen LogP contribution in [0.3, 0.4) is 0 Å². The first kappa shape index (κ1) is 25.4. The van der Waals surface area contributed by atoms with E-state index in [1.165, 1.54) is 5.56 Å². The first-order valence-electron chi connectivity index (χ1n) is 11.1. The number of halogens is 1. The number of unbranched alkanes of at least 4 members (excludes halogenated alkanes) is 1. The van der Waals surface area contributed by atoms with Crippen molar-refractivity contribution in [3.05, 3.63) is 70.6 Å². The highest BCUT2D eigenvalue weighted by Gasteiger charge is 2.29. The van der Waals surface area contributed by atoms with Gasteiger partial charge >= 0.3 is 0 Å². The highest BCUT2D eigenvalue weighted by Crippen LogP contribution is 2.20. The Morgan fingerprint density at radius 1 is 1.13 bits per heavy atom. The summed E-state index contributed by atoms with van der Waals surface area (Å²) in [4.78, 5) is 19.0. The summed E-state index contributed by atoms with van der Waals surface area (Å²) in [5, 5.41) is 6.99. The van der Waals surface area contributed by atoms with E-state index in [0.717, 1.165) is 57.9 Å². The van der Waals surface area contributed by atoms with E-state index in [1.54, 1.807) is 16.7 Å². The molecular weight excluding hydrogens is 501 g/mol. The second-order valence-corrected chi connectivity index (χ2v) is 8.04. The molecule has 2 atom stereocenters. The van der Waals surface area contributed by atoms with Crippen LogP contribution in [-0.4, -0.2) is 47.1 Å². The lowest BCUT2D eigenvalue weighted by Gasteiger charge is -2.21. The highest BCUT2D eigenvalue weighted by atomic mass is 127. The van der Waals surface area contributed by atoms with Gasteiger partial charge in [-0.25, -0.2) is 0 Å². The maximum absolute atomic E-state index is 11.7. The van der Waals surface area contributed by atoms with Gasteiger partial charge in [0.2, 0.25) is 5.56 Å². The molecule has 0 bridgehead atoms. The van der Waals surface area contributed by atoms with Crippen LogP contribution in [-0.2, 0) is 13.1 Å². The van der Waals surface area contributed by atoms with Crippen molar-refractivity contribution < 1.29 is 0 Å². The molecule has 2 N–H and O–H groups in total. The van der Waals surface area contributed by atoms with Crippen molar-refractivity contribution in [2.75, 3.05) is 19.6 Å². The van der Waals surface area contributed by atoms with E-state index < -0.39 is 0 Å². The lowest BCUT2D eigenvalue weighted by Crippen LogP contribution is -2.44. The van der Waals surface area contributed by atoms with E-state index in [0.29, 0.717) is 12.1 Å². The molecule has 0 saturated carbocycles. The van der Waals surface area contributed by atoms with Gasteiger partial charge in [0, 0.05) is 57.1 Å². The summed E-state index contributed by atoms with van der Waals surface area (Å²) < 4.78 is 1.76. The molecule has 0 aliphatic carbocycles. The molecule has 0 amide bonds. The zero-order valence-electron chi connectivity index (χ0n) is 18.7. The fourth-order valence-electron chi connectivity index (χ4n) is 3.98. The number of pyridine rings is 1. The minimum absolute atomic E-state index is 0. The lowest BCUT2D eigenvalue weighted by molar-refractivity contribution is 0.258. The van der Waals surface area contributed by atoms with E-state index >= 15 is 0 Å². The van der Waals surface area contributed by atoms with Gasteiger partial charge in [-0.3, -0.25) is 14.7 Å². The Labute approximate surface area is 203 Å². The van der Waals surface area contributed by atoms with Gasteiger partial charge < -0.3 is 15.2 Å². The summed E-state index contributed by atoms with van der Waals surface area (Å²) >= 11 is 0. The van der Waals surface area contributed by atoms with E-state index in [1.807, 2.05) is 12.3 Å². The largest absolute Gasteiger partial charge is 0.357 e. The molecule has 1 aliphatic rings. The van der Waals surface area contributed by atoms with Gasteiger partial charge in [-0.15, -0.1) is 24.0 Å². The normalized spacial score (nSPS) is 19.1. The van der Waals surface area contributed by atoms with E-state index in [2.05, 4.69) is 59.7 Å². The Hall–Kier alpha value is -1.87. The van der Waals surface area contributed by atoms with Gasteiger partial charge in [0.1, 0.15) is 0 Å². The first-order chi connectivity index (χ1) is 14.7. The van der Waals surface area contributed by atoms with Crippen LogP contribution in [0.5, 0.6) is 0 Å². The topological polar surface area (TPSA) is 61.7 Å². The van der Waals surface area contributed by atoms with Gasteiger partial charge in [0.25, 0.3) is 0 Å². The summed E-state index contributed by atoms with van der Waals surface area (Å²) in [7, 11) is 0. The molecule has 170 valence electrons. The van der Waals surface area contributed by atoms with Gasteiger partial charge in [0.15, 0.2) is 5.96 Å². The number of rotatable bonds is 9. The molecule has 1 saturated heterocycles. The van der Waals surface area contributed by atoms with Crippen LogP contribution >= 0.6 is 24.0 Å². The van der Waals surface area contributed by atoms with Crippen molar-refractivity contribution in [2.45, 2.75) is 58.3 Å². The summed E-state index contributed by atoms with van der Waals surface area (Å²) in [6, 6.07) is 16.9. The number of benzene rings is 1. The summed E-state index contributed by atoms with van der Waals surface area (Å²) in [6.07, 6.45) is 4.87. The van der Waals surface area contributed by atoms with Crippen molar-refractivity contribution in [3.8, 4) is 0 Å². The maximum atomic E-state index is 11.7. The number of likely N-dealkylation sites (tertiary alicyclic amines) is 1. The molecule has 2 aromatic rings. The summed E-state index contributed by atoms with van der Waals surface area (Å²) in [5.74, 6) is 0.896. The number of hydrogen-bond donors (Lipinski definition) is 2. The molecule has 7 heteroatoms. The third-order valence-corrected chi connectivity index (χ3v) is 5.59. The monoisotopic (exact) mass is 537 g/mol. The average molecular weight is 537 g/mol. The number of nitrogens with one attached hydrogen (secondary N) is 2. The van der Waals surface area contributed by atoms with Crippen LogP contribution in [0.25, 0.3) is 0 Å². The number of guanidine groups is 1. The number of aromatic nitrogens is 1. The summed E-state index contributed by atoms with van der Waals surface area (Å²) in [6.45, 7) is 8.77. The van der Waals surface area contributed by atoms with Crippen molar-refractivity contribution in [1.82, 2.24) is 20.1 Å². The number of aryl methyl sites for hydroxylation is 1. The Morgan fingerprint density at radius 2 is 1.90 bits per heavy atom. The van der Waals surface area contributed by atoms with Gasteiger partial charge in [-0.2, -0.15) is 0 Å². The Morgan fingerprint density at radius 3 is 2.65 bits per heavy atom. The molecular formula is C24H36IN5O. The van der Waals surface area contributed by atoms with Crippen LogP contribution in [0.4, 0.5) is 0 Å². The standard InChI is InChI=1S/C24H35N5O.HI/c1-3-25-24(26-14-8-10-16-28-15-9-7-13-23(28)30)27-22-17-20(2)29(19-22)18-21-11-5-4-6-12-21;/h4-7,9,11-13,15,20,22H,3,8,10,14,16-19H2,1-2H3,(H2,25,26,27);1H. The zero-order chi connectivity index (χ0) is 21.2. The Kier molecular flexibility index (Phi) is 11.1. The van der Waals surface area contributed by atoms with Crippen LogP contribution in [0.15, 0.2) is 64.5 Å². The van der Waals surface area contributed by atoms with Crippen molar-refractivity contribution in [2.24, 2.45) is 4.99 Å². The molecule has 1 aromatic heterocycles. The lowest BCUT2D eigenvalue weighted by atomic mass is 10.2. The SMILES string of the molecule is CCNC(=NCCCCn1ccccc1=O)NC1CC(C)N(Cc2ccccc2)C1.I. The summed E-state index contributed by atoms with van der Waals surface area (Å²) in [5.41, 5.74) is 1.43. The molecule has 31 heavy (non-hydrogen) atoms. The minimum Gasteiger partial charge on any atom is -0.357 e. The van der Waals surface area contributed by atoms with E-state index in [9.17, 15) is 4.79 Å². The first-order valence-corrected chi connectivity index (χ1v) is 11.1. The average Bonchev–Trinajstić information content (AvgIpc) is 3.08. The van der Waals surface area contributed by atoms with Gasteiger partial charge in [-0.05, 0) is 44.7 Å². The van der Waals surface area contributed by atoms with Crippen molar-refractivity contribution in [3.63, 3.8) is 0 Å². The smallest absolute Gasteiger partial charge is 0.250 e. The molecule has 0 spiro atoms. The molecule has 3 rings (SSSR count). The second kappa shape index (κ2) is 13.5. The predicted octanol–water partition coefficient (Wildman–Crippen LogP) is 3.46. The molecule has 1 fully saturated rings. The fraction of sp³-hybridized carbons (Fsp3) is 0.500. The zero-order valence-corrected chi connectivity index (χ0v) is 21.0. The van der Waals surface area contributed by atoms with Crippen LogP contribution in [0.1, 0.15) is 38.7 Å². The molecule has 6 nitrogen and oxygen atoms in total. The Bertz CT molecular complexity index is 854. The molecule has 0 radical (unpaired) electrons. The molecule has 1 aromatic carbocycles. The van der Waals surface area contributed by atoms with Crippen LogP contribution < -0.4 is 16.2 Å². The van der Waals surface area contributed by atoms with Crippen LogP contribution in [0, 0.1) is 0 Å². The third kappa shape index (κ3) is 8.29. The Balaban J connectivity index is 0.00000341. The predicted molar refractivity (Wildman–Crippen MR) is 139 cm³/mol. The van der Waals surface area contributed by atoms with E-state index in [4.69, 9.17) is 4.99 Å². The number of aliphatic imine (C=N–C) groups is 1. The van der Waals surface area contributed by atoms with Gasteiger partial charge in [-0.1, -0.05) is 36.4 Å². The highest BCUT2D eigenvalue weighted by molar-refractivity contribution is 14.0. The second-order valence-electron chi connectivity index (χ2n) is 8.04. The van der Waals surface area contributed by atoms with Gasteiger partial charge in [0.05, 0.1) is 0 Å². The number of nitrogens with zero attached hydrogens (tertiary/aromatic N) is 3. The fourth-order valence-corrected chi connectivity index (χ4v) is 3.98. The minimum atomic E-state index is 0. The van der Waals surface area contributed by atoms with Crippen LogP contribution in [0.2, 0.25) is 0 Å². The maximum Gasteiger partial charge on any atom is 0.250 e. The molecule has 2 unspecified atom stereocenters. The molecule has 2 heterocycles. The van der Waals surface area contributed by atoms with Crippen molar-refractivity contribution in [1.29, 1.82) is 0 Å². The third-order valence-electron chi connectivity index (χ3n) is 5.59. The van der Waals surface area contributed by atoms with E-state index in [-0.39, 0.29) is 29.5 Å².